The van der Waals surface area contributed by atoms with Crippen LogP contribution in [0.25, 0.3) is 11.2 Å². The van der Waals surface area contributed by atoms with E-state index in [0.29, 0.717) is 43.8 Å². The van der Waals surface area contributed by atoms with Crippen molar-refractivity contribution in [3.05, 3.63) is 42.0 Å². The number of nitrogens with zero attached hydrogens (tertiary/aromatic N) is 4. The number of rotatable bonds is 9. The van der Waals surface area contributed by atoms with E-state index < -0.39 is 0 Å². The van der Waals surface area contributed by atoms with Gasteiger partial charge in [-0.15, -0.1) is 0 Å². The van der Waals surface area contributed by atoms with Crippen molar-refractivity contribution >= 4 is 28.7 Å². The Hall–Kier alpha value is -3.53. The lowest BCUT2D eigenvalue weighted by Crippen LogP contribution is -2.35. The highest BCUT2D eigenvalue weighted by atomic mass is 16.5. The highest BCUT2D eigenvalue weighted by molar-refractivity contribution is 6.02. The molecule has 0 saturated carbocycles. The van der Waals surface area contributed by atoms with Gasteiger partial charge in [0.1, 0.15) is 24.2 Å². The molecule has 1 aromatic carbocycles. The lowest BCUT2D eigenvalue weighted by Gasteiger charge is -2.28. The predicted molar refractivity (Wildman–Crippen MR) is 130 cm³/mol. The summed E-state index contributed by atoms with van der Waals surface area (Å²) < 4.78 is 11.3. The van der Waals surface area contributed by atoms with Crippen LogP contribution in [0.2, 0.25) is 0 Å². The number of aromatic nitrogens is 4. The van der Waals surface area contributed by atoms with Crippen LogP contribution < -0.4 is 15.0 Å². The molecule has 0 spiro atoms. The molecular formula is C25H30N6O4. The van der Waals surface area contributed by atoms with Gasteiger partial charge in [-0.3, -0.25) is 9.59 Å². The zero-order chi connectivity index (χ0) is 24.2. The van der Waals surface area contributed by atoms with Crippen LogP contribution in [0.3, 0.4) is 0 Å². The molecular weight excluding hydrogens is 448 g/mol. The zero-order valence-electron chi connectivity index (χ0n) is 19.8. The smallest absolute Gasteiger partial charge is 0.220 e. The number of carbonyl (C=O) groups excluding carboxylic acids is 2. The van der Waals surface area contributed by atoms with E-state index in [2.05, 4.69) is 30.2 Å². The van der Waals surface area contributed by atoms with Crippen LogP contribution in [-0.4, -0.2) is 71.1 Å². The summed E-state index contributed by atoms with van der Waals surface area (Å²) in [6, 6.07) is 5.80. The summed E-state index contributed by atoms with van der Waals surface area (Å²) in [5.41, 5.74) is 3.09. The summed E-state index contributed by atoms with van der Waals surface area (Å²) in [6.07, 6.45) is 6.77. The van der Waals surface area contributed by atoms with E-state index >= 15 is 0 Å². The van der Waals surface area contributed by atoms with Crippen molar-refractivity contribution in [1.82, 2.24) is 25.3 Å². The Kier molecular flexibility index (Phi) is 6.89. The topological polar surface area (TPSA) is 122 Å². The van der Waals surface area contributed by atoms with Crippen LogP contribution in [-0.2, 0) is 16.0 Å². The number of H-pyrrole nitrogens is 1. The van der Waals surface area contributed by atoms with Crippen LogP contribution in [0.15, 0.2) is 30.9 Å². The monoisotopic (exact) mass is 478 g/mol. The molecule has 2 aliphatic rings. The predicted octanol–water partition coefficient (Wildman–Crippen LogP) is 2.30. The Morgan fingerprint density at radius 1 is 1.26 bits per heavy atom. The van der Waals surface area contributed by atoms with Crippen molar-refractivity contribution in [2.24, 2.45) is 5.92 Å². The maximum Gasteiger partial charge on any atom is 0.220 e. The van der Waals surface area contributed by atoms with Crippen LogP contribution in [0, 0.1) is 5.92 Å². The van der Waals surface area contributed by atoms with Crippen molar-refractivity contribution in [1.29, 1.82) is 0 Å². The van der Waals surface area contributed by atoms with Gasteiger partial charge in [0.05, 0.1) is 19.0 Å². The Bertz CT molecular complexity index is 1210. The summed E-state index contributed by atoms with van der Waals surface area (Å²) >= 11 is 0. The van der Waals surface area contributed by atoms with Gasteiger partial charge in [-0.2, -0.15) is 0 Å². The Morgan fingerprint density at radius 2 is 2.17 bits per heavy atom. The van der Waals surface area contributed by atoms with Crippen LogP contribution in [0.4, 0.5) is 5.82 Å². The number of fused-ring (bicyclic) bond motifs is 2. The second-order valence-electron chi connectivity index (χ2n) is 9.03. The molecule has 1 aliphatic heterocycles. The molecule has 1 aliphatic carbocycles. The van der Waals surface area contributed by atoms with Crippen molar-refractivity contribution in [2.75, 3.05) is 38.3 Å². The Labute approximate surface area is 203 Å². The van der Waals surface area contributed by atoms with Gasteiger partial charge in [0.15, 0.2) is 17.2 Å². The third-order valence-corrected chi connectivity index (χ3v) is 6.86. The number of carbonyl (C=O) groups is 2. The normalized spacial score (nSPS) is 19.7. The largest absolute Gasteiger partial charge is 0.491 e. The molecule has 1 unspecified atom stereocenters. The third kappa shape index (κ3) is 4.84. The molecule has 10 heteroatoms. The molecule has 5 rings (SSSR count). The average molecular weight is 479 g/mol. The molecule has 10 nitrogen and oxygen atoms in total. The van der Waals surface area contributed by atoms with E-state index in [9.17, 15) is 9.59 Å². The molecule has 35 heavy (non-hydrogen) atoms. The number of aromatic amines is 1. The van der Waals surface area contributed by atoms with Gasteiger partial charge in [-0.25, -0.2) is 15.0 Å². The maximum atomic E-state index is 13.1. The molecule has 1 saturated heterocycles. The lowest BCUT2D eigenvalue weighted by molar-refractivity contribution is -0.122. The van der Waals surface area contributed by atoms with Gasteiger partial charge in [-0.1, -0.05) is 12.1 Å². The number of Topliss-reactive ketones (excluding diaryl/α,β-unsaturated/α-hetero) is 1. The molecule has 1 fully saturated rings. The molecule has 184 valence electrons. The first-order valence-corrected chi connectivity index (χ1v) is 12.1. The highest BCUT2D eigenvalue weighted by Gasteiger charge is 2.32. The second-order valence-corrected chi connectivity index (χ2v) is 9.03. The van der Waals surface area contributed by atoms with Gasteiger partial charge < -0.3 is 24.7 Å². The standard InChI is InChI=1S/C25H30N6O4/c1-34-11-9-26-21(32)12-16-7-8-18-19(23(16)33)5-2-6-20(18)35-13-17-4-3-10-31(17)25-22-24(28-14-27-22)29-15-30-25/h2,5-6,14-17H,3-4,7-13H2,1H3,(H,26,32)(H,27,28,29,30)/t16?,17-/m1/s1. The van der Waals surface area contributed by atoms with Crippen LogP contribution in [0.5, 0.6) is 5.75 Å². The SMILES string of the molecule is COCCNC(=O)CC1CCc2c(OC[C@H]3CCCN3c3ncnc4nc[nH]c34)cccc2C1=O. The molecule has 0 radical (unpaired) electrons. The summed E-state index contributed by atoms with van der Waals surface area (Å²) in [7, 11) is 1.59. The summed E-state index contributed by atoms with van der Waals surface area (Å²) in [6.45, 7) is 2.29. The summed E-state index contributed by atoms with van der Waals surface area (Å²) in [4.78, 5) is 43.7. The minimum Gasteiger partial charge on any atom is -0.491 e. The first kappa shape index (κ1) is 23.2. The number of hydrogen-bond donors (Lipinski definition) is 2. The Morgan fingerprint density at radius 3 is 3.06 bits per heavy atom. The molecule has 2 atom stereocenters. The van der Waals surface area contributed by atoms with Gasteiger partial charge in [-0.05, 0) is 31.7 Å². The van der Waals surface area contributed by atoms with Crippen molar-refractivity contribution < 1.29 is 19.1 Å². The number of nitrogens with one attached hydrogen (secondary N) is 2. The Balaban J connectivity index is 1.25. The zero-order valence-corrected chi connectivity index (χ0v) is 19.8. The van der Waals surface area contributed by atoms with Crippen molar-refractivity contribution in [2.45, 2.75) is 38.1 Å². The number of ketones is 1. The summed E-state index contributed by atoms with van der Waals surface area (Å²) in [5, 5.41) is 2.80. The number of benzene rings is 1. The van der Waals surface area contributed by atoms with Crippen molar-refractivity contribution in [3.63, 3.8) is 0 Å². The number of methoxy groups -OCH3 is 1. The third-order valence-electron chi connectivity index (χ3n) is 6.86. The molecule has 3 aromatic rings. The van der Waals surface area contributed by atoms with Gasteiger partial charge in [0.25, 0.3) is 0 Å². The maximum absolute atomic E-state index is 13.1. The quantitative estimate of drug-likeness (QED) is 0.449. The number of imidazole rings is 1. The van der Waals surface area contributed by atoms with Crippen LogP contribution in [0.1, 0.15) is 41.6 Å². The number of hydrogen-bond acceptors (Lipinski definition) is 8. The van der Waals surface area contributed by atoms with E-state index in [1.807, 2.05) is 18.2 Å². The van der Waals surface area contributed by atoms with E-state index in [0.717, 1.165) is 42.0 Å². The first-order valence-electron chi connectivity index (χ1n) is 12.1. The minimum absolute atomic E-state index is 0.0173. The van der Waals surface area contributed by atoms with E-state index in [-0.39, 0.29) is 30.1 Å². The molecule has 2 N–H and O–H groups in total. The van der Waals surface area contributed by atoms with E-state index in [1.165, 1.54) is 0 Å². The fourth-order valence-corrected chi connectivity index (χ4v) is 5.09. The number of amides is 1. The van der Waals surface area contributed by atoms with Gasteiger partial charge in [0.2, 0.25) is 5.91 Å². The van der Waals surface area contributed by atoms with Gasteiger partial charge in [0, 0.05) is 43.7 Å². The van der Waals surface area contributed by atoms with Gasteiger partial charge >= 0.3 is 0 Å². The molecule has 1 amide bonds. The fraction of sp³-hybridized carbons (Fsp3) is 0.480. The molecule has 2 aromatic heterocycles. The highest BCUT2D eigenvalue weighted by Crippen LogP contribution is 2.34. The molecule has 3 heterocycles. The average Bonchev–Trinajstić information content (AvgIpc) is 3.54. The van der Waals surface area contributed by atoms with E-state index in [4.69, 9.17) is 9.47 Å². The fourth-order valence-electron chi connectivity index (χ4n) is 5.09. The lowest BCUT2D eigenvalue weighted by atomic mass is 9.80. The number of anilines is 1. The van der Waals surface area contributed by atoms with Crippen LogP contribution >= 0.6 is 0 Å². The minimum atomic E-state index is -0.305. The second kappa shape index (κ2) is 10.4. The molecule has 0 bridgehead atoms. The van der Waals surface area contributed by atoms with Crippen molar-refractivity contribution in [3.8, 4) is 5.75 Å². The number of ether oxygens (including phenoxy) is 2. The summed E-state index contributed by atoms with van der Waals surface area (Å²) in [5.74, 6) is 1.19. The van der Waals surface area contributed by atoms with E-state index in [1.54, 1.807) is 19.8 Å². The first-order chi connectivity index (χ1) is 17.2.